The highest BCUT2D eigenvalue weighted by molar-refractivity contribution is 5.71. The Morgan fingerprint density at radius 2 is 0.444 bits per heavy atom. The molecule has 0 aliphatic heterocycles. The lowest BCUT2D eigenvalue weighted by atomic mass is 10.1. The number of rotatable bonds is 55. The van der Waals surface area contributed by atoms with E-state index in [1.807, 2.05) is 0 Å². The van der Waals surface area contributed by atoms with Crippen LogP contribution in [-0.2, 0) is 28.6 Å². The van der Waals surface area contributed by atoms with Crippen LogP contribution in [0.5, 0.6) is 0 Å². The molecule has 6 nitrogen and oxygen atoms in total. The number of allylic oxidation sites excluding steroid dienone is 32. The highest BCUT2D eigenvalue weighted by Gasteiger charge is 2.19. The zero-order valence-corrected chi connectivity index (χ0v) is 51.5. The van der Waals surface area contributed by atoms with E-state index in [-0.39, 0.29) is 37.5 Å². The van der Waals surface area contributed by atoms with Crippen LogP contribution < -0.4 is 0 Å². The zero-order chi connectivity index (χ0) is 58.5. The van der Waals surface area contributed by atoms with Crippen LogP contribution in [0.1, 0.15) is 239 Å². The molecule has 0 bridgehead atoms. The molecule has 0 N–H and O–H groups in total. The molecule has 6 heteroatoms. The highest BCUT2D eigenvalue weighted by atomic mass is 16.6. The number of carbonyl (C=O) groups is 3. The lowest BCUT2D eigenvalue weighted by Crippen LogP contribution is -2.30. The largest absolute Gasteiger partial charge is 0.462 e. The van der Waals surface area contributed by atoms with E-state index in [0.717, 1.165) is 199 Å². The second-order valence-electron chi connectivity index (χ2n) is 20.2. The van der Waals surface area contributed by atoms with Crippen molar-refractivity contribution in [1.29, 1.82) is 0 Å². The maximum Gasteiger partial charge on any atom is 0.306 e. The quantitative estimate of drug-likeness (QED) is 0.0261. The Balaban J connectivity index is 4.51. The first-order chi connectivity index (χ1) is 40.0. The minimum absolute atomic E-state index is 0.120. The smallest absolute Gasteiger partial charge is 0.306 e. The molecule has 0 rings (SSSR count). The molecule has 1 atom stereocenters. The van der Waals surface area contributed by atoms with Gasteiger partial charge in [0.1, 0.15) is 13.2 Å². The molecule has 1 unspecified atom stereocenters. The van der Waals surface area contributed by atoms with Crippen molar-refractivity contribution in [2.75, 3.05) is 13.2 Å². The van der Waals surface area contributed by atoms with Crippen LogP contribution in [0, 0.1) is 0 Å². The normalized spacial score (nSPS) is 13.5. The molecule has 0 fully saturated rings. The van der Waals surface area contributed by atoms with Crippen molar-refractivity contribution in [1.82, 2.24) is 0 Å². The van der Waals surface area contributed by atoms with Gasteiger partial charge in [0.25, 0.3) is 0 Å². The predicted molar refractivity (Wildman–Crippen MR) is 352 cm³/mol. The predicted octanol–water partition coefficient (Wildman–Crippen LogP) is 22.2. The summed E-state index contributed by atoms with van der Waals surface area (Å²) in [5.41, 5.74) is 0. The lowest BCUT2D eigenvalue weighted by molar-refractivity contribution is -0.167. The van der Waals surface area contributed by atoms with Gasteiger partial charge >= 0.3 is 17.9 Å². The van der Waals surface area contributed by atoms with Crippen LogP contribution in [0.3, 0.4) is 0 Å². The Kier molecular flexibility index (Phi) is 62.0. The molecule has 81 heavy (non-hydrogen) atoms. The van der Waals surface area contributed by atoms with E-state index in [1.165, 1.54) is 0 Å². The van der Waals surface area contributed by atoms with Crippen molar-refractivity contribution in [2.45, 2.75) is 245 Å². The zero-order valence-electron chi connectivity index (χ0n) is 51.5. The van der Waals surface area contributed by atoms with Crippen LogP contribution >= 0.6 is 0 Å². The first-order valence-electron chi connectivity index (χ1n) is 31.9. The number of hydrogen-bond acceptors (Lipinski definition) is 6. The molecule has 0 aliphatic carbocycles. The van der Waals surface area contributed by atoms with Crippen molar-refractivity contribution in [3.05, 3.63) is 194 Å². The van der Waals surface area contributed by atoms with Crippen LogP contribution in [0.15, 0.2) is 194 Å². The fourth-order valence-corrected chi connectivity index (χ4v) is 7.91. The van der Waals surface area contributed by atoms with Crippen molar-refractivity contribution in [3.8, 4) is 0 Å². The van der Waals surface area contributed by atoms with Gasteiger partial charge < -0.3 is 14.2 Å². The summed E-state index contributed by atoms with van der Waals surface area (Å²) in [7, 11) is 0. The van der Waals surface area contributed by atoms with E-state index in [2.05, 4.69) is 215 Å². The Morgan fingerprint density at radius 3 is 0.679 bits per heavy atom. The first kappa shape index (κ1) is 75.2. The molecule has 0 aromatic carbocycles. The molecule has 0 aromatic rings. The van der Waals surface area contributed by atoms with Crippen molar-refractivity contribution >= 4 is 17.9 Å². The first-order valence-corrected chi connectivity index (χ1v) is 31.9. The highest BCUT2D eigenvalue weighted by Crippen LogP contribution is 2.13. The van der Waals surface area contributed by atoms with Gasteiger partial charge in [-0.1, -0.05) is 254 Å². The van der Waals surface area contributed by atoms with Gasteiger partial charge in [-0.05, 0) is 161 Å². The molecule has 0 heterocycles. The van der Waals surface area contributed by atoms with E-state index in [1.54, 1.807) is 0 Å². The van der Waals surface area contributed by atoms with Gasteiger partial charge in [-0.15, -0.1) is 0 Å². The average Bonchev–Trinajstić information content (AvgIpc) is 3.47. The summed E-state index contributed by atoms with van der Waals surface area (Å²) in [6, 6.07) is 0. The van der Waals surface area contributed by atoms with E-state index >= 15 is 0 Å². The summed E-state index contributed by atoms with van der Waals surface area (Å²) in [6.45, 7) is 6.22. The van der Waals surface area contributed by atoms with E-state index in [0.29, 0.717) is 12.8 Å². The van der Waals surface area contributed by atoms with E-state index in [9.17, 15) is 14.4 Å². The third-order valence-corrected chi connectivity index (χ3v) is 12.6. The molecular weight excluding hydrogens is 997 g/mol. The summed E-state index contributed by atoms with van der Waals surface area (Å²) < 4.78 is 16.9. The van der Waals surface area contributed by atoms with E-state index < -0.39 is 6.10 Å². The number of hydrogen-bond donors (Lipinski definition) is 0. The fraction of sp³-hybridized carbons (Fsp3) is 0.533. The van der Waals surface area contributed by atoms with Gasteiger partial charge in [0.15, 0.2) is 6.10 Å². The summed E-state index contributed by atoms with van der Waals surface area (Å²) in [5, 5.41) is 0. The van der Waals surface area contributed by atoms with Gasteiger partial charge in [0.2, 0.25) is 0 Å². The number of esters is 3. The number of ether oxygens (including phenoxy) is 3. The Labute approximate surface area is 497 Å². The van der Waals surface area contributed by atoms with Gasteiger partial charge in [0.05, 0.1) is 0 Å². The summed E-state index contributed by atoms with van der Waals surface area (Å²) in [6.07, 6.45) is 101. The molecule has 0 spiro atoms. The Bertz CT molecular complexity index is 1950. The summed E-state index contributed by atoms with van der Waals surface area (Å²) in [5.74, 6) is -1.00. The van der Waals surface area contributed by atoms with Crippen molar-refractivity contribution in [2.24, 2.45) is 0 Å². The molecule has 0 saturated heterocycles. The number of carbonyl (C=O) groups excluding carboxylic acids is 3. The average molecular weight is 1110 g/mol. The van der Waals surface area contributed by atoms with Gasteiger partial charge in [-0.2, -0.15) is 0 Å². The van der Waals surface area contributed by atoms with Crippen LogP contribution in [0.4, 0.5) is 0 Å². The molecule has 0 radical (unpaired) electrons. The third kappa shape index (κ3) is 64.9. The molecule has 0 aliphatic rings. The Hall–Kier alpha value is -5.75. The minimum Gasteiger partial charge on any atom is -0.462 e. The maximum atomic E-state index is 12.9. The van der Waals surface area contributed by atoms with Crippen LogP contribution in [0.25, 0.3) is 0 Å². The fourth-order valence-electron chi connectivity index (χ4n) is 7.91. The SMILES string of the molecule is CC/C=C\C/C=C\C/C=C\C/C=C\C/C=C\C/C=C\C/C=C\C/C=C\CCCCCCC(=O)OCC(COC(=O)CCCCCC/C=C\C/C=C\C/C=C\C/C=C\CC)OC(=O)CCCCCC/C=C\C/C=C\C/C=C\C/C=C\CC. The lowest BCUT2D eigenvalue weighted by Gasteiger charge is -2.18. The second kappa shape index (κ2) is 66.8. The molecule has 0 saturated carbocycles. The van der Waals surface area contributed by atoms with E-state index in [4.69, 9.17) is 14.2 Å². The number of unbranched alkanes of at least 4 members (excludes halogenated alkanes) is 12. The standard InChI is InChI=1S/C75H114O6/c1-4-7-10-13-16-19-22-25-28-31-32-33-34-35-36-37-38-39-40-41-42-45-47-50-53-56-59-62-65-68-74(77)80-71-72(81-75(78)69-66-63-60-57-54-51-48-44-30-27-24-21-18-15-12-9-6-3)70-79-73(76)67-64-61-58-55-52-49-46-43-29-26-23-20-17-14-11-8-5-2/h7-12,16-21,25-30,32-33,35-36,38-39,41-42,46-51,72H,4-6,13-15,22-24,31,34,37,40,43-45,52-71H2,1-3H3/b10-7-,11-8-,12-9-,19-16-,20-17-,21-18-,28-25-,29-26-,30-27-,33-32-,36-35-,39-38-,42-41-,49-46-,50-47-,51-48-. The third-order valence-electron chi connectivity index (χ3n) is 12.6. The maximum absolute atomic E-state index is 12.9. The topological polar surface area (TPSA) is 78.9 Å². The monoisotopic (exact) mass is 1110 g/mol. The molecule has 450 valence electrons. The molecule has 0 amide bonds. The van der Waals surface area contributed by atoms with Crippen molar-refractivity contribution in [3.63, 3.8) is 0 Å². The molecule has 0 aromatic heterocycles. The molecular formula is C75H114O6. The minimum atomic E-state index is -0.826. The van der Waals surface area contributed by atoms with Crippen LogP contribution in [0.2, 0.25) is 0 Å². The summed E-state index contributed by atoms with van der Waals surface area (Å²) >= 11 is 0. The van der Waals surface area contributed by atoms with Crippen molar-refractivity contribution < 1.29 is 28.6 Å². The van der Waals surface area contributed by atoms with Gasteiger partial charge in [0, 0.05) is 19.3 Å². The van der Waals surface area contributed by atoms with Gasteiger partial charge in [-0.25, -0.2) is 0 Å². The van der Waals surface area contributed by atoms with Crippen LogP contribution in [-0.4, -0.2) is 37.2 Å². The second-order valence-corrected chi connectivity index (χ2v) is 20.2. The van der Waals surface area contributed by atoms with Gasteiger partial charge in [-0.3, -0.25) is 14.4 Å². The summed E-state index contributed by atoms with van der Waals surface area (Å²) in [4.78, 5) is 38.3. The Morgan fingerprint density at radius 1 is 0.247 bits per heavy atom.